The number of hydrogen-bond acceptors (Lipinski definition) is 4. The van der Waals surface area contributed by atoms with Gasteiger partial charge in [-0.2, -0.15) is 0 Å². The van der Waals surface area contributed by atoms with Crippen LogP contribution in [-0.4, -0.2) is 15.1 Å². The highest BCUT2D eigenvalue weighted by Gasteiger charge is 2.02. The molecule has 0 amide bonds. The lowest BCUT2D eigenvalue weighted by Crippen LogP contribution is -1.97. The third-order valence-corrected chi connectivity index (χ3v) is 2.85. The zero-order valence-corrected chi connectivity index (χ0v) is 10.7. The van der Waals surface area contributed by atoms with Gasteiger partial charge in [0.25, 0.3) is 0 Å². The Kier molecular flexibility index (Phi) is 3.29. The van der Waals surface area contributed by atoms with Gasteiger partial charge in [0, 0.05) is 17.4 Å². The summed E-state index contributed by atoms with van der Waals surface area (Å²) in [5.41, 5.74) is 2.68. The smallest absolute Gasteiger partial charge is 0.227 e. The Morgan fingerprint density at radius 2 is 1.60 bits per heavy atom. The summed E-state index contributed by atoms with van der Waals surface area (Å²) in [5, 5.41) is 12.5. The number of nitrogens with one attached hydrogen (secondary N) is 1. The van der Waals surface area contributed by atoms with E-state index < -0.39 is 0 Å². The van der Waals surface area contributed by atoms with Crippen molar-refractivity contribution in [2.45, 2.75) is 0 Å². The van der Waals surface area contributed by atoms with Crippen LogP contribution in [0.4, 0.5) is 11.6 Å². The first kappa shape index (κ1) is 12.2. The van der Waals surface area contributed by atoms with Gasteiger partial charge in [-0.25, -0.2) is 9.97 Å². The summed E-state index contributed by atoms with van der Waals surface area (Å²) in [7, 11) is 0. The SMILES string of the molecule is Oc1ccc(-c2ccnc(Nc3ccccc3)n2)cc1. The minimum Gasteiger partial charge on any atom is -0.508 e. The third-order valence-electron chi connectivity index (χ3n) is 2.85. The minimum absolute atomic E-state index is 0.241. The van der Waals surface area contributed by atoms with E-state index in [1.165, 1.54) is 0 Å². The Bertz CT molecular complexity index is 696. The maximum atomic E-state index is 9.31. The fraction of sp³-hybridized carbons (Fsp3) is 0. The first-order valence-electron chi connectivity index (χ1n) is 6.26. The summed E-state index contributed by atoms with van der Waals surface area (Å²) < 4.78 is 0. The number of hydrogen-bond donors (Lipinski definition) is 2. The molecule has 0 aliphatic heterocycles. The van der Waals surface area contributed by atoms with Crippen LogP contribution in [0.3, 0.4) is 0 Å². The molecule has 20 heavy (non-hydrogen) atoms. The molecule has 1 heterocycles. The highest BCUT2D eigenvalue weighted by molar-refractivity contribution is 5.62. The van der Waals surface area contributed by atoms with Crippen molar-refractivity contribution in [2.24, 2.45) is 0 Å². The number of nitrogens with zero attached hydrogens (tertiary/aromatic N) is 2. The molecule has 0 aliphatic carbocycles. The van der Waals surface area contributed by atoms with E-state index >= 15 is 0 Å². The lowest BCUT2D eigenvalue weighted by atomic mass is 10.1. The summed E-state index contributed by atoms with van der Waals surface area (Å²) in [6.07, 6.45) is 1.71. The number of phenols is 1. The van der Waals surface area contributed by atoms with Gasteiger partial charge in [-0.3, -0.25) is 0 Å². The van der Waals surface area contributed by atoms with E-state index in [1.54, 1.807) is 18.3 Å². The van der Waals surface area contributed by atoms with Crippen molar-refractivity contribution in [3.05, 3.63) is 66.9 Å². The Balaban J connectivity index is 1.88. The van der Waals surface area contributed by atoms with E-state index in [1.807, 2.05) is 48.5 Å². The van der Waals surface area contributed by atoms with Gasteiger partial charge in [0.2, 0.25) is 5.95 Å². The molecule has 3 aromatic rings. The van der Waals surface area contributed by atoms with Crippen LogP contribution in [0.1, 0.15) is 0 Å². The number of phenolic OH excluding ortho intramolecular Hbond substituents is 1. The second kappa shape index (κ2) is 5.40. The molecule has 3 rings (SSSR count). The molecule has 0 saturated heterocycles. The third kappa shape index (κ3) is 2.75. The molecule has 2 N–H and O–H groups in total. The van der Waals surface area contributed by atoms with Gasteiger partial charge in [-0.1, -0.05) is 18.2 Å². The monoisotopic (exact) mass is 263 g/mol. The quantitative estimate of drug-likeness (QED) is 0.758. The molecule has 1 aromatic heterocycles. The van der Waals surface area contributed by atoms with Crippen LogP contribution in [0.25, 0.3) is 11.3 Å². The first-order chi connectivity index (χ1) is 9.81. The maximum Gasteiger partial charge on any atom is 0.227 e. The van der Waals surface area contributed by atoms with Crippen LogP contribution in [0.15, 0.2) is 66.9 Å². The van der Waals surface area contributed by atoms with Crippen LogP contribution in [0.2, 0.25) is 0 Å². The molecule has 4 heteroatoms. The second-order valence-corrected chi connectivity index (χ2v) is 4.30. The van der Waals surface area contributed by atoms with Gasteiger partial charge < -0.3 is 10.4 Å². The van der Waals surface area contributed by atoms with Gasteiger partial charge in [-0.15, -0.1) is 0 Å². The Morgan fingerprint density at radius 3 is 2.35 bits per heavy atom. The lowest BCUT2D eigenvalue weighted by molar-refractivity contribution is 0.475. The van der Waals surface area contributed by atoms with Crippen LogP contribution >= 0.6 is 0 Å². The Hall–Kier alpha value is -2.88. The number of anilines is 2. The highest BCUT2D eigenvalue weighted by Crippen LogP contribution is 2.21. The minimum atomic E-state index is 0.241. The molecule has 0 atom stereocenters. The van der Waals surface area contributed by atoms with E-state index in [2.05, 4.69) is 15.3 Å². The second-order valence-electron chi connectivity index (χ2n) is 4.30. The van der Waals surface area contributed by atoms with Gasteiger partial charge in [0.1, 0.15) is 5.75 Å². The maximum absolute atomic E-state index is 9.31. The summed E-state index contributed by atoms with van der Waals surface area (Å²) in [5.74, 6) is 0.784. The predicted molar refractivity (Wildman–Crippen MR) is 78.9 cm³/mol. The summed E-state index contributed by atoms with van der Waals surface area (Å²) in [6.45, 7) is 0. The van der Waals surface area contributed by atoms with E-state index in [0.29, 0.717) is 5.95 Å². The number of aromatic hydroxyl groups is 1. The van der Waals surface area contributed by atoms with Crippen LogP contribution < -0.4 is 5.32 Å². The average Bonchev–Trinajstić information content (AvgIpc) is 2.49. The van der Waals surface area contributed by atoms with Crippen LogP contribution in [0.5, 0.6) is 5.75 Å². The molecule has 0 radical (unpaired) electrons. The molecule has 0 bridgehead atoms. The molecular formula is C16H13N3O. The van der Waals surface area contributed by atoms with Gasteiger partial charge in [0.15, 0.2) is 0 Å². The zero-order chi connectivity index (χ0) is 13.8. The summed E-state index contributed by atoms with van der Waals surface area (Å²) in [4.78, 5) is 8.67. The van der Waals surface area contributed by atoms with Crippen LogP contribution in [-0.2, 0) is 0 Å². The Labute approximate surface area is 116 Å². The standard InChI is InChI=1S/C16H13N3O/c20-14-8-6-12(7-9-14)15-10-11-17-16(19-15)18-13-4-2-1-3-5-13/h1-11,20H,(H,17,18,19). The molecule has 2 aromatic carbocycles. The van der Waals surface area contributed by atoms with E-state index in [0.717, 1.165) is 16.9 Å². The topological polar surface area (TPSA) is 58.0 Å². The molecule has 0 fully saturated rings. The van der Waals surface area contributed by atoms with Crippen LogP contribution in [0, 0.1) is 0 Å². The molecule has 0 spiro atoms. The summed E-state index contributed by atoms with van der Waals surface area (Å²) >= 11 is 0. The number of rotatable bonds is 3. The van der Waals surface area contributed by atoms with Crippen molar-refractivity contribution >= 4 is 11.6 Å². The van der Waals surface area contributed by atoms with Gasteiger partial charge in [0.05, 0.1) is 5.69 Å². The van der Waals surface area contributed by atoms with E-state index in [-0.39, 0.29) is 5.75 Å². The van der Waals surface area contributed by atoms with E-state index in [4.69, 9.17) is 0 Å². The number of aromatic nitrogens is 2. The lowest BCUT2D eigenvalue weighted by Gasteiger charge is -2.06. The van der Waals surface area contributed by atoms with E-state index in [9.17, 15) is 5.11 Å². The first-order valence-corrected chi connectivity index (χ1v) is 6.26. The number of benzene rings is 2. The van der Waals surface area contributed by atoms with Crippen molar-refractivity contribution in [1.29, 1.82) is 0 Å². The van der Waals surface area contributed by atoms with Gasteiger partial charge in [-0.05, 0) is 42.5 Å². The largest absolute Gasteiger partial charge is 0.508 e. The molecular weight excluding hydrogens is 250 g/mol. The molecule has 98 valence electrons. The summed E-state index contributed by atoms with van der Waals surface area (Å²) in [6, 6.07) is 18.5. The zero-order valence-electron chi connectivity index (χ0n) is 10.7. The molecule has 0 aliphatic rings. The molecule has 0 unspecified atom stereocenters. The molecule has 4 nitrogen and oxygen atoms in total. The van der Waals surface area contributed by atoms with Crippen molar-refractivity contribution < 1.29 is 5.11 Å². The number of para-hydroxylation sites is 1. The fourth-order valence-electron chi connectivity index (χ4n) is 1.86. The van der Waals surface area contributed by atoms with Crippen molar-refractivity contribution in [2.75, 3.05) is 5.32 Å². The average molecular weight is 263 g/mol. The fourth-order valence-corrected chi connectivity index (χ4v) is 1.86. The highest BCUT2D eigenvalue weighted by atomic mass is 16.3. The van der Waals surface area contributed by atoms with Gasteiger partial charge >= 0.3 is 0 Å². The van der Waals surface area contributed by atoms with Crippen molar-refractivity contribution in [3.8, 4) is 17.0 Å². The van der Waals surface area contributed by atoms with Crippen molar-refractivity contribution in [1.82, 2.24) is 9.97 Å². The predicted octanol–water partition coefficient (Wildman–Crippen LogP) is 3.59. The normalized spacial score (nSPS) is 10.2. The molecule has 0 saturated carbocycles. The van der Waals surface area contributed by atoms with Crippen molar-refractivity contribution in [3.63, 3.8) is 0 Å². The Morgan fingerprint density at radius 1 is 0.850 bits per heavy atom.